The summed E-state index contributed by atoms with van der Waals surface area (Å²) in [5.41, 5.74) is 4.42. The quantitative estimate of drug-likeness (QED) is 0.522. The Morgan fingerprint density at radius 2 is 1.69 bits per heavy atom. The molecule has 0 radical (unpaired) electrons. The van der Waals surface area contributed by atoms with E-state index in [9.17, 15) is 4.79 Å². The Bertz CT molecular complexity index is 1310. The van der Waals surface area contributed by atoms with Crippen LogP contribution in [-0.2, 0) is 11.2 Å². The number of carbonyl (C=O) groups excluding carboxylic acids is 1. The second-order valence-electron chi connectivity index (χ2n) is 9.41. The number of amides is 1. The molecule has 7 heteroatoms. The number of halogens is 1. The first-order valence-electron chi connectivity index (χ1n) is 11.9. The van der Waals surface area contributed by atoms with Crippen LogP contribution in [0.2, 0.25) is 5.02 Å². The lowest BCUT2D eigenvalue weighted by atomic mass is 9.67. The third-order valence-electron chi connectivity index (χ3n) is 7.70. The van der Waals surface area contributed by atoms with Gasteiger partial charge in [0.05, 0.1) is 24.6 Å². The fourth-order valence-electron chi connectivity index (χ4n) is 5.85. The monoisotopic (exact) mass is 486 g/mol. The van der Waals surface area contributed by atoms with E-state index in [1.807, 2.05) is 31.2 Å². The first-order valence-corrected chi connectivity index (χ1v) is 12.3. The lowest BCUT2D eigenvalue weighted by molar-refractivity contribution is -0.125. The van der Waals surface area contributed by atoms with Gasteiger partial charge < -0.3 is 14.5 Å². The van der Waals surface area contributed by atoms with E-state index < -0.39 is 5.41 Å². The van der Waals surface area contributed by atoms with Crippen LogP contribution in [0.1, 0.15) is 12.5 Å². The van der Waals surface area contributed by atoms with E-state index in [-0.39, 0.29) is 11.9 Å². The molecule has 1 spiro atoms. The SMILES string of the molecule is COc1ccc(N2CCN3c4ccccc4C[C@@]4(C(=O)N(c5ccc(Cl)cc5)N=C4C)[C@H]3C2)cc1. The minimum Gasteiger partial charge on any atom is -0.497 e. The lowest BCUT2D eigenvalue weighted by Crippen LogP contribution is -2.67. The predicted molar refractivity (Wildman–Crippen MR) is 141 cm³/mol. The minimum absolute atomic E-state index is 0.0263. The number of methoxy groups -OCH3 is 1. The zero-order valence-corrected chi connectivity index (χ0v) is 20.6. The number of piperazine rings is 1. The van der Waals surface area contributed by atoms with Crippen molar-refractivity contribution in [3.63, 3.8) is 0 Å². The highest BCUT2D eigenvalue weighted by molar-refractivity contribution is 6.30. The van der Waals surface area contributed by atoms with Crippen LogP contribution in [0, 0.1) is 5.41 Å². The molecule has 0 unspecified atom stereocenters. The highest BCUT2D eigenvalue weighted by Gasteiger charge is 2.59. The molecule has 35 heavy (non-hydrogen) atoms. The number of benzene rings is 3. The van der Waals surface area contributed by atoms with Gasteiger partial charge in [-0.15, -0.1) is 0 Å². The molecule has 2 atom stereocenters. The molecule has 3 aromatic rings. The predicted octanol–water partition coefficient (Wildman–Crippen LogP) is 5.01. The van der Waals surface area contributed by atoms with Crippen molar-refractivity contribution in [3.05, 3.63) is 83.4 Å². The minimum atomic E-state index is -0.737. The number of anilines is 3. The van der Waals surface area contributed by atoms with Crippen LogP contribution in [0.3, 0.4) is 0 Å². The van der Waals surface area contributed by atoms with Crippen LogP contribution >= 0.6 is 11.6 Å². The summed E-state index contributed by atoms with van der Waals surface area (Å²) >= 11 is 6.11. The van der Waals surface area contributed by atoms with Gasteiger partial charge in [-0.3, -0.25) is 4.79 Å². The Morgan fingerprint density at radius 1 is 0.971 bits per heavy atom. The molecule has 3 aliphatic heterocycles. The number of hydrogen-bond donors (Lipinski definition) is 0. The van der Waals surface area contributed by atoms with Crippen molar-refractivity contribution in [2.45, 2.75) is 19.4 Å². The lowest BCUT2D eigenvalue weighted by Gasteiger charge is -2.53. The molecular formula is C28H27ClN4O2. The van der Waals surface area contributed by atoms with Crippen molar-refractivity contribution in [2.24, 2.45) is 10.5 Å². The molecule has 0 aromatic heterocycles. The first-order chi connectivity index (χ1) is 17.0. The van der Waals surface area contributed by atoms with Crippen molar-refractivity contribution in [2.75, 3.05) is 41.6 Å². The second kappa shape index (κ2) is 8.31. The number of hydrogen-bond acceptors (Lipinski definition) is 5. The van der Waals surface area contributed by atoms with E-state index in [0.717, 1.165) is 42.5 Å². The zero-order chi connectivity index (χ0) is 24.2. The maximum Gasteiger partial charge on any atom is 0.261 e. The molecule has 6 rings (SSSR count). The molecule has 178 valence electrons. The van der Waals surface area contributed by atoms with Gasteiger partial charge in [-0.1, -0.05) is 29.8 Å². The third-order valence-corrected chi connectivity index (χ3v) is 7.95. The molecule has 0 bridgehead atoms. The number of ether oxygens (including phenoxy) is 1. The molecule has 3 aliphatic rings. The third kappa shape index (κ3) is 3.39. The highest BCUT2D eigenvalue weighted by Crippen LogP contribution is 2.48. The molecule has 3 aromatic carbocycles. The summed E-state index contributed by atoms with van der Waals surface area (Å²) in [5, 5.41) is 7.04. The van der Waals surface area contributed by atoms with Gasteiger partial charge in [0.1, 0.15) is 11.2 Å². The van der Waals surface area contributed by atoms with Crippen LogP contribution in [0.15, 0.2) is 77.9 Å². The van der Waals surface area contributed by atoms with Crippen LogP contribution in [0.25, 0.3) is 0 Å². The Morgan fingerprint density at radius 3 is 2.43 bits per heavy atom. The van der Waals surface area contributed by atoms with Crippen molar-refractivity contribution >= 4 is 40.3 Å². The van der Waals surface area contributed by atoms with Crippen LogP contribution in [0.4, 0.5) is 17.1 Å². The Kier molecular flexibility index (Phi) is 5.22. The summed E-state index contributed by atoms with van der Waals surface area (Å²) in [6, 6.07) is 23.9. The normalized spacial score (nSPS) is 23.3. The van der Waals surface area contributed by atoms with Crippen LogP contribution in [0.5, 0.6) is 5.75 Å². The molecule has 1 fully saturated rings. The largest absolute Gasteiger partial charge is 0.497 e. The summed E-state index contributed by atoms with van der Waals surface area (Å²) < 4.78 is 5.35. The maximum atomic E-state index is 14.3. The van der Waals surface area contributed by atoms with Crippen molar-refractivity contribution in [3.8, 4) is 5.75 Å². The number of nitrogens with zero attached hydrogens (tertiary/aromatic N) is 4. The van der Waals surface area contributed by atoms with Gasteiger partial charge in [-0.25, -0.2) is 0 Å². The van der Waals surface area contributed by atoms with E-state index in [0.29, 0.717) is 11.4 Å². The smallest absolute Gasteiger partial charge is 0.261 e. The Hall–Kier alpha value is -3.51. The molecule has 3 heterocycles. The molecule has 1 amide bonds. The molecule has 0 N–H and O–H groups in total. The van der Waals surface area contributed by atoms with Gasteiger partial charge in [-0.05, 0) is 73.5 Å². The van der Waals surface area contributed by atoms with E-state index in [1.54, 1.807) is 24.3 Å². The maximum absolute atomic E-state index is 14.3. The summed E-state index contributed by atoms with van der Waals surface area (Å²) in [6.07, 6.45) is 0.638. The second-order valence-corrected chi connectivity index (χ2v) is 9.85. The van der Waals surface area contributed by atoms with Crippen LogP contribution < -0.4 is 19.5 Å². The number of rotatable bonds is 3. The summed E-state index contributed by atoms with van der Waals surface area (Å²) in [7, 11) is 1.68. The van der Waals surface area contributed by atoms with E-state index in [4.69, 9.17) is 21.4 Å². The van der Waals surface area contributed by atoms with Gasteiger partial charge in [0.25, 0.3) is 5.91 Å². The average Bonchev–Trinajstić information content (AvgIpc) is 3.14. The fourth-order valence-corrected chi connectivity index (χ4v) is 5.98. The molecule has 6 nitrogen and oxygen atoms in total. The summed E-state index contributed by atoms with van der Waals surface area (Å²) in [5.74, 6) is 0.862. The topological polar surface area (TPSA) is 48.4 Å². The Balaban J connectivity index is 1.42. The molecular weight excluding hydrogens is 460 g/mol. The van der Waals surface area contributed by atoms with Crippen molar-refractivity contribution in [1.29, 1.82) is 0 Å². The average molecular weight is 487 g/mol. The van der Waals surface area contributed by atoms with E-state index in [1.165, 1.54) is 11.3 Å². The number of hydrazone groups is 1. The van der Waals surface area contributed by atoms with Gasteiger partial charge in [0.15, 0.2) is 0 Å². The van der Waals surface area contributed by atoms with Gasteiger partial charge in [0, 0.05) is 36.0 Å². The summed E-state index contributed by atoms with van der Waals surface area (Å²) in [4.78, 5) is 19.1. The molecule has 0 saturated carbocycles. The number of carbonyl (C=O) groups is 1. The van der Waals surface area contributed by atoms with Gasteiger partial charge >= 0.3 is 0 Å². The zero-order valence-electron chi connectivity index (χ0n) is 19.8. The number of fused-ring (bicyclic) bond motifs is 4. The van der Waals surface area contributed by atoms with Gasteiger partial charge in [-0.2, -0.15) is 10.1 Å². The van der Waals surface area contributed by atoms with Gasteiger partial charge in [0.2, 0.25) is 0 Å². The fraction of sp³-hybridized carbons (Fsp3) is 0.286. The Labute approximate surface area is 210 Å². The summed E-state index contributed by atoms with van der Waals surface area (Å²) in [6.45, 7) is 4.44. The van der Waals surface area contributed by atoms with Crippen LogP contribution in [-0.4, -0.2) is 44.4 Å². The first kappa shape index (κ1) is 22.0. The van der Waals surface area contributed by atoms with Crippen molar-refractivity contribution < 1.29 is 9.53 Å². The van der Waals surface area contributed by atoms with Crippen molar-refractivity contribution in [1.82, 2.24) is 0 Å². The van der Waals surface area contributed by atoms with E-state index >= 15 is 0 Å². The number of para-hydroxylation sites is 1. The van der Waals surface area contributed by atoms with E-state index in [2.05, 4.69) is 46.2 Å². The molecule has 1 saturated heterocycles. The molecule has 0 aliphatic carbocycles. The highest BCUT2D eigenvalue weighted by atomic mass is 35.5. The standard InChI is InChI=1S/C28H27ClN4O2/c1-19-28(27(34)33(30-19)23-9-7-21(29)8-10-23)17-20-5-3-4-6-25(20)32-16-15-31(18-26(28)32)22-11-13-24(35-2)14-12-22/h3-14,26H,15-18H2,1-2H3/t26-,28+/m1/s1.